The molecule has 2 rings (SSSR count). The number of nitrogens with two attached hydrogens (primary N) is 1. The molecule has 1 atom stereocenters. The Kier molecular flexibility index (Phi) is 4.89. The van der Waals surface area contributed by atoms with E-state index in [0.717, 1.165) is 25.0 Å². The van der Waals surface area contributed by atoms with Crippen LogP contribution in [0.25, 0.3) is 0 Å². The lowest BCUT2D eigenvalue weighted by molar-refractivity contribution is 0.273. The van der Waals surface area contributed by atoms with E-state index in [9.17, 15) is 0 Å². The molecule has 15 heavy (non-hydrogen) atoms. The summed E-state index contributed by atoms with van der Waals surface area (Å²) >= 11 is 0. The third-order valence-electron chi connectivity index (χ3n) is 3.06. The fourth-order valence-corrected chi connectivity index (χ4v) is 2.28. The Morgan fingerprint density at radius 1 is 1.27 bits per heavy atom. The van der Waals surface area contributed by atoms with Gasteiger partial charge in [0, 0.05) is 12.5 Å². The maximum absolute atomic E-state index is 6.05. The standard InChI is InChI=1S/C11H17NO.C2H6/c1-13-9-5-6-10-8(7-9)3-2-4-11(10)12;1-2/h7,11H,2-6,12H2,1H3;1-2H3. The number of hydrogen-bond donors (Lipinski definition) is 1. The van der Waals surface area contributed by atoms with Crippen molar-refractivity contribution in [1.82, 2.24) is 0 Å². The summed E-state index contributed by atoms with van der Waals surface area (Å²) in [5, 5.41) is 0. The molecule has 0 amide bonds. The number of methoxy groups -OCH3 is 1. The summed E-state index contributed by atoms with van der Waals surface area (Å²) in [5.74, 6) is 1.12. The normalized spacial score (nSPS) is 24.8. The third kappa shape index (κ3) is 2.85. The average Bonchev–Trinajstić information content (AvgIpc) is 2.31. The molecule has 0 radical (unpaired) electrons. The Labute approximate surface area is 93.2 Å². The van der Waals surface area contributed by atoms with E-state index in [4.69, 9.17) is 10.5 Å². The van der Waals surface area contributed by atoms with Gasteiger partial charge in [-0.3, -0.25) is 0 Å². The minimum atomic E-state index is 0.318. The van der Waals surface area contributed by atoms with Gasteiger partial charge < -0.3 is 10.5 Å². The first-order chi connectivity index (χ1) is 7.31. The van der Waals surface area contributed by atoms with Crippen molar-refractivity contribution in [2.75, 3.05) is 7.11 Å². The Bertz CT molecular complexity index is 266. The average molecular weight is 209 g/mol. The molecule has 0 spiro atoms. The van der Waals surface area contributed by atoms with Crippen molar-refractivity contribution in [2.24, 2.45) is 5.73 Å². The van der Waals surface area contributed by atoms with E-state index in [1.165, 1.54) is 24.0 Å². The quantitative estimate of drug-likeness (QED) is 0.720. The van der Waals surface area contributed by atoms with Crippen LogP contribution < -0.4 is 5.73 Å². The molecule has 0 bridgehead atoms. The lowest BCUT2D eigenvalue weighted by atomic mass is 9.82. The Morgan fingerprint density at radius 2 is 2.00 bits per heavy atom. The van der Waals surface area contributed by atoms with Crippen LogP contribution in [0.3, 0.4) is 0 Å². The third-order valence-corrected chi connectivity index (χ3v) is 3.06. The van der Waals surface area contributed by atoms with Crippen LogP contribution in [0, 0.1) is 0 Å². The van der Waals surface area contributed by atoms with Gasteiger partial charge in [-0.1, -0.05) is 13.8 Å². The van der Waals surface area contributed by atoms with E-state index >= 15 is 0 Å². The Morgan fingerprint density at radius 3 is 2.67 bits per heavy atom. The summed E-state index contributed by atoms with van der Waals surface area (Å²) in [6, 6.07) is 0.318. The smallest absolute Gasteiger partial charge is 0.0961 e. The van der Waals surface area contributed by atoms with E-state index in [0.29, 0.717) is 6.04 Å². The van der Waals surface area contributed by atoms with Crippen LogP contribution in [-0.4, -0.2) is 13.2 Å². The molecule has 2 N–H and O–H groups in total. The summed E-state index contributed by atoms with van der Waals surface area (Å²) in [4.78, 5) is 0. The fraction of sp³-hybridized carbons (Fsp3) is 0.692. The van der Waals surface area contributed by atoms with Gasteiger partial charge in [0.15, 0.2) is 0 Å². The van der Waals surface area contributed by atoms with E-state index in [2.05, 4.69) is 6.08 Å². The van der Waals surface area contributed by atoms with Gasteiger partial charge >= 0.3 is 0 Å². The molecule has 0 saturated carbocycles. The fourth-order valence-electron chi connectivity index (χ4n) is 2.28. The lowest BCUT2D eigenvalue weighted by Gasteiger charge is -2.28. The van der Waals surface area contributed by atoms with Crippen LogP contribution in [-0.2, 0) is 4.74 Å². The summed E-state index contributed by atoms with van der Waals surface area (Å²) in [5.41, 5.74) is 8.97. The van der Waals surface area contributed by atoms with Gasteiger partial charge in [-0.05, 0) is 42.9 Å². The zero-order valence-corrected chi connectivity index (χ0v) is 10.2. The topological polar surface area (TPSA) is 35.2 Å². The van der Waals surface area contributed by atoms with Crippen molar-refractivity contribution in [3.8, 4) is 0 Å². The van der Waals surface area contributed by atoms with E-state index in [-0.39, 0.29) is 0 Å². The second kappa shape index (κ2) is 5.96. The van der Waals surface area contributed by atoms with Crippen LogP contribution in [0.4, 0.5) is 0 Å². The molecule has 0 fully saturated rings. The second-order valence-corrected chi connectivity index (χ2v) is 3.86. The lowest BCUT2D eigenvalue weighted by Crippen LogP contribution is -2.28. The first kappa shape index (κ1) is 12.3. The highest BCUT2D eigenvalue weighted by Gasteiger charge is 2.22. The van der Waals surface area contributed by atoms with E-state index < -0.39 is 0 Å². The van der Waals surface area contributed by atoms with Gasteiger partial charge in [-0.2, -0.15) is 0 Å². The minimum absolute atomic E-state index is 0.318. The number of allylic oxidation sites excluding steroid dienone is 3. The molecule has 1 unspecified atom stereocenters. The maximum atomic E-state index is 6.05. The predicted molar refractivity (Wildman–Crippen MR) is 64.5 cm³/mol. The predicted octanol–water partition coefficient (Wildman–Crippen LogP) is 3.14. The van der Waals surface area contributed by atoms with Gasteiger partial charge in [-0.15, -0.1) is 0 Å². The van der Waals surface area contributed by atoms with Crippen molar-refractivity contribution >= 4 is 0 Å². The zero-order valence-electron chi connectivity index (χ0n) is 10.2. The molecular formula is C13H23NO. The molecular weight excluding hydrogens is 186 g/mol. The molecule has 2 nitrogen and oxygen atoms in total. The van der Waals surface area contributed by atoms with Gasteiger partial charge in [0.1, 0.15) is 0 Å². The SMILES string of the molecule is CC.COC1=CC2=C(CC1)C(N)CCC2. The van der Waals surface area contributed by atoms with Gasteiger partial charge in [-0.25, -0.2) is 0 Å². The highest BCUT2D eigenvalue weighted by Crippen LogP contribution is 2.33. The van der Waals surface area contributed by atoms with Crippen LogP contribution in [0.2, 0.25) is 0 Å². The van der Waals surface area contributed by atoms with Gasteiger partial charge in [0.2, 0.25) is 0 Å². The molecule has 2 aliphatic rings. The zero-order chi connectivity index (χ0) is 11.3. The molecule has 0 aromatic heterocycles. The molecule has 0 aliphatic heterocycles. The van der Waals surface area contributed by atoms with Crippen molar-refractivity contribution in [3.05, 3.63) is 23.0 Å². The maximum Gasteiger partial charge on any atom is 0.0961 e. The van der Waals surface area contributed by atoms with E-state index in [1.807, 2.05) is 13.8 Å². The monoisotopic (exact) mass is 209 g/mol. The molecule has 0 aromatic rings. The Hall–Kier alpha value is -0.760. The molecule has 0 aromatic carbocycles. The molecule has 86 valence electrons. The Balaban J connectivity index is 0.000000531. The minimum Gasteiger partial charge on any atom is -0.501 e. The van der Waals surface area contributed by atoms with Crippen LogP contribution in [0.1, 0.15) is 46.0 Å². The van der Waals surface area contributed by atoms with Crippen LogP contribution >= 0.6 is 0 Å². The van der Waals surface area contributed by atoms with Gasteiger partial charge in [0.05, 0.1) is 12.9 Å². The summed E-state index contributed by atoms with van der Waals surface area (Å²) in [7, 11) is 1.75. The van der Waals surface area contributed by atoms with Crippen LogP contribution in [0.15, 0.2) is 23.0 Å². The van der Waals surface area contributed by atoms with Crippen LogP contribution in [0.5, 0.6) is 0 Å². The highest BCUT2D eigenvalue weighted by molar-refractivity contribution is 5.36. The van der Waals surface area contributed by atoms with Crippen molar-refractivity contribution in [2.45, 2.75) is 52.0 Å². The summed E-state index contributed by atoms with van der Waals surface area (Å²) in [6.45, 7) is 4.00. The van der Waals surface area contributed by atoms with E-state index in [1.54, 1.807) is 7.11 Å². The van der Waals surface area contributed by atoms with Gasteiger partial charge in [0.25, 0.3) is 0 Å². The number of rotatable bonds is 1. The molecule has 0 saturated heterocycles. The molecule has 2 aliphatic carbocycles. The second-order valence-electron chi connectivity index (χ2n) is 3.86. The highest BCUT2D eigenvalue weighted by atomic mass is 16.5. The number of ether oxygens (including phenoxy) is 1. The number of hydrogen-bond acceptors (Lipinski definition) is 2. The first-order valence-corrected chi connectivity index (χ1v) is 6.03. The molecule has 2 heteroatoms. The van der Waals surface area contributed by atoms with Crippen molar-refractivity contribution in [3.63, 3.8) is 0 Å². The van der Waals surface area contributed by atoms with Crippen molar-refractivity contribution in [1.29, 1.82) is 0 Å². The van der Waals surface area contributed by atoms with Crippen molar-refractivity contribution < 1.29 is 4.74 Å². The molecule has 0 heterocycles. The first-order valence-electron chi connectivity index (χ1n) is 6.03. The summed E-state index contributed by atoms with van der Waals surface area (Å²) in [6.07, 6.45) is 7.91. The largest absolute Gasteiger partial charge is 0.501 e. The summed E-state index contributed by atoms with van der Waals surface area (Å²) < 4.78 is 5.26.